The largest absolute Gasteiger partial charge is 0.272 e. The zero-order chi connectivity index (χ0) is 16.2. The lowest BCUT2D eigenvalue weighted by Crippen LogP contribution is -2.19. The van der Waals surface area contributed by atoms with Gasteiger partial charge in [0, 0.05) is 16.9 Å². The lowest BCUT2D eigenvalue weighted by atomic mass is 9.90. The molecule has 1 amide bonds. The van der Waals surface area contributed by atoms with Gasteiger partial charge in [0.1, 0.15) is 0 Å². The molecule has 5 heteroatoms. The van der Waals surface area contributed by atoms with E-state index in [2.05, 4.69) is 49.6 Å². The summed E-state index contributed by atoms with van der Waals surface area (Å²) in [6.07, 6.45) is 7.97. The van der Waals surface area contributed by atoms with Crippen LogP contribution in [0.1, 0.15) is 46.8 Å². The van der Waals surface area contributed by atoms with Crippen molar-refractivity contribution in [3.8, 4) is 0 Å². The van der Waals surface area contributed by atoms with E-state index in [0.29, 0.717) is 5.56 Å². The van der Waals surface area contributed by atoms with Crippen LogP contribution in [0.3, 0.4) is 0 Å². The molecule has 0 fully saturated rings. The Kier molecular flexibility index (Phi) is 4.86. The minimum Gasteiger partial charge on any atom is -0.267 e. The van der Waals surface area contributed by atoms with E-state index in [4.69, 9.17) is 0 Å². The van der Waals surface area contributed by atoms with Crippen molar-refractivity contribution in [3.63, 3.8) is 0 Å². The van der Waals surface area contributed by atoms with Crippen LogP contribution < -0.4 is 5.43 Å². The standard InChI is InChI=1S/C18H18BrN3O/c1-12(14-7-6-13-4-2-3-5-15(13)8-14)21-22-18(23)16-9-17(19)11-20-10-16/h6-11H,2-5H2,1H3,(H,22,23)/b21-12-. The number of pyridine rings is 1. The summed E-state index contributed by atoms with van der Waals surface area (Å²) >= 11 is 3.30. The number of rotatable bonds is 3. The summed E-state index contributed by atoms with van der Waals surface area (Å²) in [7, 11) is 0. The predicted molar refractivity (Wildman–Crippen MR) is 94.7 cm³/mol. The molecule has 23 heavy (non-hydrogen) atoms. The van der Waals surface area contributed by atoms with Gasteiger partial charge >= 0.3 is 0 Å². The Bertz CT molecular complexity index is 771. The summed E-state index contributed by atoms with van der Waals surface area (Å²) in [4.78, 5) is 16.1. The first-order valence-electron chi connectivity index (χ1n) is 7.71. The van der Waals surface area contributed by atoms with Gasteiger partial charge < -0.3 is 0 Å². The number of carbonyl (C=O) groups is 1. The van der Waals surface area contributed by atoms with Crippen LogP contribution in [-0.4, -0.2) is 16.6 Å². The van der Waals surface area contributed by atoms with E-state index in [1.54, 1.807) is 12.3 Å². The number of fused-ring (bicyclic) bond motifs is 1. The molecular formula is C18H18BrN3O. The van der Waals surface area contributed by atoms with Crippen molar-refractivity contribution in [1.82, 2.24) is 10.4 Å². The fourth-order valence-electron chi connectivity index (χ4n) is 2.76. The van der Waals surface area contributed by atoms with Crippen LogP contribution >= 0.6 is 15.9 Å². The molecular weight excluding hydrogens is 354 g/mol. The highest BCUT2D eigenvalue weighted by Gasteiger charge is 2.11. The second-order valence-electron chi connectivity index (χ2n) is 5.72. The topological polar surface area (TPSA) is 54.4 Å². The van der Waals surface area contributed by atoms with E-state index >= 15 is 0 Å². The van der Waals surface area contributed by atoms with Gasteiger partial charge in [-0.15, -0.1) is 0 Å². The molecule has 1 N–H and O–H groups in total. The van der Waals surface area contributed by atoms with Gasteiger partial charge in [0.05, 0.1) is 11.3 Å². The Balaban J connectivity index is 1.73. The molecule has 2 aromatic rings. The molecule has 1 aromatic carbocycles. The van der Waals surface area contributed by atoms with Gasteiger partial charge in [-0.3, -0.25) is 9.78 Å². The van der Waals surface area contributed by atoms with E-state index in [1.165, 1.54) is 36.6 Å². The van der Waals surface area contributed by atoms with Crippen molar-refractivity contribution in [2.24, 2.45) is 5.10 Å². The van der Waals surface area contributed by atoms with Gasteiger partial charge in [-0.05, 0) is 77.4 Å². The van der Waals surface area contributed by atoms with E-state index in [0.717, 1.165) is 22.2 Å². The third-order valence-electron chi connectivity index (χ3n) is 4.06. The number of nitrogens with zero attached hydrogens (tertiary/aromatic N) is 2. The molecule has 0 spiro atoms. The van der Waals surface area contributed by atoms with Crippen molar-refractivity contribution in [1.29, 1.82) is 0 Å². The van der Waals surface area contributed by atoms with E-state index < -0.39 is 0 Å². The van der Waals surface area contributed by atoms with Crippen LogP contribution in [-0.2, 0) is 12.8 Å². The summed E-state index contributed by atoms with van der Waals surface area (Å²) in [5.74, 6) is -0.267. The Morgan fingerprint density at radius 3 is 2.70 bits per heavy atom. The van der Waals surface area contributed by atoms with Crippen LogP contribution in [0.2, 0.25) is 0 Å². The molecule has 1 heterocycles. The first-order chi connectivity index (χ1) is 11.1. The molecule has 0 saturated carbocycles. The van der Waals surface area contributed by atoms with Crippen LogP contribution in [0.4, 0.5) is 0 Å². The third kappa shape index (κ3) is 3.85. The number of amides is 1. The minimum absolute atomic E-state index is 0.267. The molecule has 4 nitrogen and oxygen atoms in total. The van der Waals surface area contributed by atoms with Crippen LogP contribution in [0.15, 0.2) is 46.2 Å². The van der Waals surface area contributed by atoms with Gasteiger partial charge in [-0.25, -0.2) is 5.43 Å². The lowest BCUT2D eigenvalue weighted by Gasteiger charge is -2.16. The summed E-state index contributed by atoms with van der Waals surface area (Å²) in [6.45, 7) is 1.91. The number of hydrogen-bond acceptors (Lipinski definition) is 3. The van der Waals surface area contributed by atoms with Crippen molar-refractivity contribution in [2.75, 3.05) is 0 Å². The van der Waals surface area contributed by atoms with E-state index in [1.807, 2.05) is 6.92 Å². The number of carbonyl (C=O) groups excluding carboxylic acids is 1. The molecule has 0 radical (unpaired) electrons. The maximum Gasteiger partial charge on any atom is 0.272 e. The zero-order valence-electron chi connectivity index (χ0n) is 13.0. The van der Waals surface area contributed by atoms with E-state index in [-0.39, 0.29) is 5.91 Å². The quantitative estimate of drug-likeness (QED) is 0.657. The van der Waals surface area contributed by atoms with Gasteiger partial charge in [0.2, 0.25) is 0 Å². The van der Waals surface area contributed by atoms with Crippen molar-refractivity contribution in [2.45, 2.75) is 32.6 Å². The second-order valence-corrected chi connectivity index (χ2v) is 6.64. The summed E-state index contributed by atoms with van der Waals surface area (Å²) in [5.41, 5.74) is 7.77. The number of hydrogen-bond donors (Lipinski definition) is 1. The third-order valence-corrected chi connectivity index (χ3v) is 4.49. The summed E-state index contributed by atoms with van der Waals surface area (Å²) in [5, 5.41) is 4.22. The molecule has 0 saturated heterocycles. The number of aryl methyl sites for hydroxylation is 2. The normalized spacial score (nSPS) is 14.3. The Morgan fingerprint density at radius 1 is 1.13 bits per heavy atom. The zero-order valence-corrected chi connectivity index (χ0v) is 14.6. The maximum atomic E-state index is 12.1. The highest BCUT2D eigenvalue weighted by Crippen LogP contribution is 2.22. The summed E-state index contributed by atoms with van der Waals surface area (Å²) < 4.78 is 0.764. The Morgan fingerprint density at radius 2 is 1.91 bits per heavy atom. The van der Waals surface area contributed by atoms with Crippen LogP contribution in [0, 0.1) is 0 Å². The number of hydrazone groups is 1. The smallest absolute Gasteiger partial charge is 0.267 e. The molecule has 0 bridgehead atoms. The van der Waals surface area contributed by atoms with Gasteiger partial charge in [0.25, 0.3) is 5.91 Å². The van der Waals surface area contributed by atoms with E-state index in [9.17, 15) is 4.79 Å². The van der Waals surface area contributed by atoms with Crippen LogP contribution in [0.5, 0.6) is 0 Å². The van der Waals surface area contributed by atoms with Gasteiger partial charge in [-0.2, -0.15) is 5.10 Å². The second kappa shape index (κ2) is 7.04. The average molecular weight is 372 g/mol. The highest BCUT2D eigenvalue weighted by atomic mass is 79.9. The fourth-order valence-corrected chi connectivity index (χ4v) is 3.12. The fraction of sp³-hybridized carbons (Fsp3) is 0.278. The first-order valence-corrected chi connectivity index (χ1v) is 8.50. The highest BCUT2D eigenvalue weighted by molar-refractivity contribution is 9.10. The number of aromatic nitrogens is 1. The minimum atomic E-state index is -0.267. The molecule has 0 atom stereocenters. The Hall–Kier alpha value is -2.01. The number of benzene rings is 1. The monoisotopic (exact) mass is 371 g/mol. The van der Waals surface area contributed by atoms with Crippen molar-refractivity contribution >= 4 is 27.5 Å². The van der Waals surface area contributed by atoms with Gasteiger partial charge in [-0.1, -0.05) is 12.1 Å². The van der Waals surface area contributed by atoms with Gasteiger partial charge in [0.15, 0.2) is 0 Å². The molecule has 1 aliphatic rings. The number of nitrogens with one attached hydrogen (secondary N) is 1. The Labute approximate surface area is 144 Å². The van der Waals surface area contributed by atoms with Crippen molar-refractivity contribution in [3.05, 3.63) is 63.4 Å². The molecule has 0 unspecified atom stereocenters. The predicted octanol–water partition coefficient (Wildman–Crippen LogP) is 3.88. The number of halogens is 1. The average Bonchev–Trinajstić information content (AvgIpc) is 2.59. The van der Waals surface area contributed by atoms with Crippen LogP contribution in [0.25, 0.3) is 0 Å². The molecule has 118 valence electrons. The molecule has 1 aromatic heterocycles. The lowest BCUT2D eigenvalue weighted by molar-refractivity contribution is 0.0954. The summed E-state index contributed by atoms with van der Waals surface area (Å²) in [6, 6.07) is 8.17. The first kappa shape index (κ1) is 15.9. The SMILES string of the molecule is C/C(=N/NC(=O)c1cncc(Br)c1)c1ccc2c(c1)CCCC2. The maximum absolute atomic E-state index is 12.1. The molecule has 3 rings (SSSR count). The molecule has 1 aliphatic carbocycles. The van der Waals surface area contributed by atoms with Crippen molar-refractivity contribution < 1.29 is 4.79 Å². The molecule has 0 aliphatic heterocycles.